The zero-order valence-corrected chi connectivity index (χ0v) is 18.7. The van der Waals surface area contributed by atoms with Gasteiger partial charge in [0.25, 0.3) is 0 Å². The summed E-state index contributed by atoms with van der Waals surface area (Å²) < 4.78 is 68.2. The highest BCUT2D eigenvalue weighted by molar-refractivity contribution is 7.89. The van der Waals surface area contributed by atoms with E-state index in [-0.39, 0.29) is 12.1 Å². The van der Waals surface area contributed by atoms with Gasteiger partial charge < -0.3 is 4.90 Å². The van der Waals surface area contributed by atoms with Gasteiger partial charge in [-0.25, -0.2) is 8.42 Å². The van der Waals surface area contributed by atoms with Gasteiger partial charge >= 0.3 is 6.18 Å². The highest BCUT2D eigenvalue weighted by Crippen LogP contribution is 2.37. The van der Waals surface area contributed by atoms with Crippen LogP contribution in [0.25, 0.3) is 0 Å². The van der Waals surface area contributed by atoms with Crippen molar-refractivity contribution in [3.8, 4) is 0 Å². The van der Waals surface area contributed by atoms with Crippen molar-refractivity contribution in [2.75, 3.05) is 34.2 Å². The van der Waals surface area contributed by atoms with Crippen molar-refractivity contribution >= 4 is 10.0 Å². The van der Waals surface area contributed by atoms with Gasteiger partial charge in [-0.1, -0.05) is 25.0 Å². The van der Waals surface area contributed by atoms with Crippen molar-refractivity contribution in [3.63, 3.8) is 0 Å². The predicted octanol–water partition coefficient (Wildman–Crippen LogP) is 3.66. The molecule has 1 heterocycles. The second kappa shape index (κ2) is 9.14. The number of likely N-dealkylation sites (N-methyl/N-ethyl adjacent to an activating group) is 2. The fraction of sp³-hybridized carbons (Fsp3) is 0.714. The number of piperidine rings is 1. The van der Waals surface area contributed by atoms with Gasteiger partial charge in [-0.05, 0) is 65.0 Å². The molecule has 0 spiro atoms. The zero-order valence-electron chi connectivity index (χ0n) is 17.9. The van der Waals surface area contributed by atoms with E-state index in [4.69, 9.17) is 0 Å². The molecule has 2 atom stereocenters. The highest BCUT2D eigenvalue weighted by Gasteiger charge is 2.42. The normalized spacial score (nSPS) is 25.2. The monoisotopic (exact) mass is 447 g/mol. The molecular weight excluding hydrogens is 415 g/mol. The van der Waals surface area contributed by atoms with E-state index in [1.54, 1.807) is 0 Å². The molecule has 1 aliphatic heterocycles. The third kappa shape index (κ3) is 4.84. The SMILES string of the molecule is CN1CCC(N(C)[C@@H]2CCCC[C@@H]2N(C)S(=O)(=O)c2ccccc2C(F)(F)F)CC1. The molecule has 0 radical (unpaired) electrons. The summed E-state index contributed by atoms with van der Waals surface area (Å²) in [6, 6.07) is 4.50. The summed E-state index contributed by atoms with van der Waals surface area (Å²) in [5.41, 5.74) is -1.10. The smallest absolute Gasteiger partial charge is 0.306 e. The van der Waals surface area contributed by atoms with Gasteiger partial charge in [-0.3, -0.25) is 4.90 Å². The molecule has 2 fully saturated rings. The third-order valence-corrected chi connectivity index (χ3v) is 8.74. The van der Waals surface area contributed by atoms with Gasteiger partial charge in [-0.15, -0.1) is 0 Å². The minimum absolute atomic E-state index is 0.00461. The Bertz CT molecular complexity index is 823. The largest absolute Gasteiger partial charge is 0.417 e. The summed E-state index contributed by atoms with van der Waals surface area (Å²) in [5.74, 6) is 0. The van der Waals surface area contributed by atoms with E-state index in [9.17, 15) is 21.6 Å². The summed E-state index contributed by atoms with van der Waals surface area (Å²) in [6.07, 6.45) is 0.711. The molecule has 0 aromatic heterocycles. The molecule has 0 bridgehead atoms. The van der Waals surface area contributed by atoms with E-state index in [2.05, 4.69) is 16.8 Å². The quantitative estimate of drug-likeness (QED) is 0.691. The lowest BCUT2D eigenvalue weighted by molar-refractivity contribution is -0.139. The van der Waals surface area contributed by atoms with Gasteiger partial charge in [0.15, 0.2) is 0 Å². The van der Waals surface area contributed by atoms with Crippen molar-refractivity contribution in [1.82, 2.24) is 14.1 Å². The lowest BCUT2D eigenvalue weighted by Gasteiger charge is -2.46. The maximum absolute atomic E-state index is 13.5. The molecule has 0 amide bonds. The average molecular weight is 448 g/mol. The molecular formula is C21H32F3N3O2S. The van der Waals surface area contributed by atoms with E-state index in [0.29, 0.717) is 12.5 Å². The van der Waals surface area contributed by atoms with Crippen LogP contribution >= 0.6 is 0 Å². The number of sulfonamides is 1. The molecule has 9 heteroatoms. The molecule has 2 aliphatic rings. The molecule has 1 aromatic carbocycles. The van der Waals surface area contributed by atoms with Crippen LogP contribution in [0, 0.1) is 0 Å². The summed E-state index contributed by atoms with van der Waals surface area (Å²) >= 11 is 0. The van der Waals surface area contributed by atoms with Crippen LogP contribution in [0.2, 0.25) is 0 Å². The van der Waals surface area contributed by atoms with Gasteiger partial charge in [0, 0.05) is 25.2 Å². The van der Waals surface area contributed by atoms with E-state index in [0.717, 1.165) is 57.3 Å². The number of rotatable bonds is 5. The highest BCUT2D eigenvalue weighted by atomic mass is 32.2. The van der Waals surface area contributed by atoms with Gasteiger partial charge in [0.05, 0.1) is 10.5 Å². The van der Waals surface area contributed by atoms with Crippen molar-refractivity contribution in [2.24, 2.45) is 0 Å². The van der Waals surface area contributed by atoms with E-state index < -0.39 is 26.7 Å². The first-order chi connectivity index (χ1) is 14.0. The predicted molar refractivity (Wildman–Crippen MR) is 111 cm³/mol. The molecule has 0 N–H and O–H groups in total. The Morgan fingerprint density at radius 1 is 0.967 bits per heavy atom. The van der Waals surface area contributed by atoms with Crippen molar-refractivity contribution in [3.05, 3.63) is 29.8 Å². The number of likely N-dealkylation sites (tertiary alicyclic amines) is 1. The molecule has 30 heavy (non-hydrogen) atoms. The van der Waals surface area contributed by atoms with Gasteiger partial charge in [-0.2, -0.15) is 17.5 Å². The Morgan fingerprint density at radius 2 is 1.53 bits per heavy atom. The van der Waals surface area contributed by atoms with Gasteiger partial charge in [0.2, 0.25) is 10.0 Å². The maximum Gasteiger partial charge on any atom is 0.417 e. The van der Waals surface area contributed by atoms with Crippen LogP contribution in [0.4, 0.5) is 13.2 Å². The molecule has 1 saturated heterocycles. The topological polar surface area (TPSA) is 43.9 Å². The summed E-state index contributed by atoms with van der Waals surface area (Å²) in [7, 11) is 1.30. The second-order valence-electron chi connectivity index (χ2n) is 8.63. The van der Waals surface area contributed by atoms with Crippen molar-refractivity contribution in [2.45, 2.75) is 67.7 Å². The van der Waals surface area contributed by atoms with Crippen LogP contribution in [-0.2, 0) is 16.2 Å². The molecule has 1 aliphatic carbocycles. The molecule has 3 rings (SSSR count). The molecule has 0 unspecified atom stereocenters. The lowest BCUT2D eigenvalue weighted by Crippen LogP contribution is -2.56. The summed E-state index contributed by atoms with van der Waals surface area (Å²) in [5, 5.41) is 0. The molecule has 170 valence electrons. The molecule has 5 nitrogen and oxygen atoms in total. The first-order valence-corrected chi connectivity index (χ1v) is 12.0. The third-order valence-electron chi connectivity index (χ3n) is 6.80. The fourth-order valence-electron chi connectivity index (χ4n) is 4.92. The fourth-order valence-corrected chi connectivity index (χ4v) is 6.55. The minimum atomic E-state index is -4.72. The second-order valence-corrected chi connectivity index (χ2v) is 10.6. The van der Waals surface area contributed by atoms with Crippen molar-refractivity contribution in [1.29, 1.82) is 0 Å². The first kappa shape index (κ1) is 23.5. The zero-order chi connectivity index (χ0) is 22.1. The number of benzene rings is 1. The lowest BCUT2D eigenvalue weighted by atomic mass is 9.87. The van der Waals surface area contributed by atoms with Crippen LogP contribution in [0.15, 0.2) is 29.2 Å². The van der Waals surface area contributed by atoms with E-state index in [1.807, 2.05) is 7.05 Å². The number of nitrogens with zero attached hydrogens (tertiary/aromatic N) is 3. The summed E-state index contributed by atoms with van der Waals surface area (Å²) in [6.45, 7) is 2.00. The maximum atomic E-state index is 13.5. The Labute approximate surface area is 177 Å². The van der Waals surface area contributed by atoms with Crippen LogP contribution < -0.4 is 0 Å². The van der Waals surface area contributed by atoms with Crippen LogP contribution in [0.3, 0.4) is 0 Å². The van der Waals surface area contributed by atoms with Crippen LogP contribution in [-0.4, -0.2) is 74.9 Å². The Morgan fingerprint density at radius 3 is 2.13 bits per heavy atom. The number of alkyl halides is 3. The van der Waals surface area contributed by atoms with Gasteiger partial charge in [0.1, 0.15) is 0 Å². The first-order valence-electron chi connectivity index (χ1n) is 10.6. The average Bonchev–Trinajstić information content (AvgIpc) is 2.72. The van der Waals surface area contributed by atoms with Crippen molar-refractivity contribution < 1.29 is 21.6 Å². The number of halogens is 3. The Hall–Kier alpha value is -1.16. The van der Waals surface area contributed by atoms with Crippen LogP contribution in [0.1, 0.15) is 44.1 Å². The number of hydrogen-bond acceptors (Lipinski definition) is 4. The number of hydrogen-bond donors (Lipinski definition) is 0. The standard InChI is InChI=1S/C21H32F3N3O2S/c1-25-14-12-16(13-15-25)26(2)18-9-5-6-10-19(18)27(3)30(28,29)20-11-7-4-8-17(20)21(22,23)24/h4,7-8,11,16,18-19H,5-6,9-10,12-15H2,1-3H3/t18-,19+/m1/s1. The summed E-state index contributed by atoms with van der Waals surface area (Å²) in [4.78, 5) is 3.91. The van der Waals surface area contributed by atoms with E-state index >= 15 is 0 Å². The molecule has 1 aromatic rings. The minimum Gasteiger partial charge on any atom is -0.306 e. The Kier molecular flexibility index (Phi) is 7.16. The Balaban J connectivity index is 1.87. The van der Waals surface area contributed by atoms with Crippen LogP contribution in [0.5, 0.6) is 0 Å². The van der Waals surface area contributed by atoms with E-state index in [1.165, 1.54) is 23.5 Å². The molecule has 1 saturated carbocycles.